The van der Waals surface area contributed by atoms with Crippen molar-refractivity contribution in [2.45, 2.75) is 38.5 Å². The van der Waals surface area contributed by atoms with Crippen LogP contribution in [0.5, 0.6) is 0 Å². The van der Waals surface area contributed by atoms with Crippen LogP contribution in [0.3, 0.4) is 0 Å². The van der Waals surface area contributed by atoms with Gasteiger partial charge in [-0.2, -0.15) is 9.57 Å². The number of carbonyl (C=O) groups excluding carboxylic acids is 1. The van der Waals surface area contributed by atoms with Crippen LogP contribution in [0.15, 0.2) is 0 Å². The second-order valence-electron chi connectivity index (χ2n) is 6.59. The van der Waals surface area contributed by atoms with Crippen molar-refractivity contribution >= 4 is 32.4 Å². The predicted molar refractivity (Wildman–Crippen MR) is 94.2 cm³/mol. The second kappa shape index (κ2) is 6.90. The Balaban J connectivity index is 1.67. The van der Waals surface area contributed by atoms with E-state index in [-0.39, 0.29) is 11.8 Å². The van der Waals surface area contributed by atoms with Crippen LogP contribution < -0.4 is 5.32 Å². The molecule has 0 bridgehead atoms. The highest BCUT2D eigenvalue weighted by Gasteiger charge is 2.32. The van der Waals surface area contributed by atoms with Gasteiger partial charge in [-0.15, -0.1) is 11.3 Å². The van der Waals surface area contributed by atoms with Gasteiger partial charge in [-0.25, -0.2) is 13.4 Å². The van der Waals surface area contributed by atoms with Gasteiger partial charge in [-0.05, 0) is 20.3 Å². The molecular weight excluding hydrogens is 362 g/mol. The summed E-state index contributed by atoms with van der Waals surface area (Å²) >= 11 is 1.33. The molecule has 1 fully saturated rings. The second-order valence-corrected chi connectivity index (χ2v) is 10.2. The molecule has 0 aliphatic carbocycles. The maximum absolute atomic E-state index is 12.3. The smallest absolute Gasteiger partial charge is 0.231 e. The van der Waals surface area contributed by atoms with E-state index < -0.39 is 15.3 Å². The number of anilines is 1. The number of nitrogens with zero attached hydrogens (tertiary/aromatic N) is 4. The fourth-order valence-electron chi connectivity index (χ4n) is 3.01. The van der Waals surface area contributed by atoms with Gasteiger partial charge >= 0.3 is 0 Å². The first-order valence-electron chi connectivity index (χ1n) is 8.24. The van der Waals surface area contributed by atoms with Crippen molar-refractivity contribution in [3.05, 3.63) is 10.6 Å². The predicted octanol–water partition coefficient (Wildman–Crippen LogP) is 0.981. The van der Waals surface area contributed by atoms with Crippen LogP contribution in [0.2, 0.25) is 0 Å². The number of rotatable bonds is 4. The average Bonchev–Trinajstić information content (AvgIpc) is 3.19. The van der Waals surface area contributed by atoms with Crippen LogP contribution in [0.1, 0.15) is 30.8 Å². The van der Waals surface area contributed by atoms with Gasteiger partial charge in [0, 0.05) is 37.5 Å². The van der Waals surface area contributed by atoms with Crippen LogP contribution in [0, 0.1) is 17.4 Å². The first-order chi connectivity index (χ1) is 11.8. The summed E-state index contributed by atoms with van der Waals surface area (Å²) in [6, 6.07) is 0. The number of nitrogens with one attached hydrogen (secondary N) is 1. The maximum atomic E-state index is 12.3. The Hall–Kier alpha value is -1.70. The van der Waals surface area contributed by atoms with Crippen molar-refractivity contribution in [3.63, 3.8) is 0 Å². The van der Waals surface area contributed by atoms with E-state index in [1.54, 1.807) is 18.7 Å². The molecule has 0 unspecified atom stereocenters. The number of hydrogen-bond acceptors (Lipinski definition) is 7. The molecular formula is C15H21N5O3S2. The molecule has 8 nitrogen and oxygen atoms in total. The minimum absolute atomic E-state index is 0.129. The average molecular weight is 383 g/mol. The van der Waals surface area contributed by atoms with E-state index in [9.17, 15) is 13.2 Å². The zero-order valence-corrected chi connectivity index (χ0v) is 15.9. The molecule has 1 aromatic heterocycles. The van der Waals surface area contributed by atoms with Crippen LogP contribution in [-0.4, -0.2) is 53.4 Å². The van der Waals surface area contributed by atoms with Crippen LogP contribution in [0.4, 0.5) is 5.13 Å². The summed E-state index contributed by atoms with van der Waals surface area (Å²) in [6.07, 6.45) is 3.27. The first kappa shape index (κ1) is 18.1. The quantitative estimate of drug-likeness (QED) is 0.777. The molecule has 1 amide bonds. The maximum Gasteiger partial charge on any atom is 0.231 e. The molecule has 0 saturated carbocycles. The van der Waals surface area contributed by atoms with E-state index in [1.165, 1.54) is 15.6 Å². The number of nitriles is 1. The van der Waals surface area contributed by atoms with Crippen molar-refractivity contribution in [2.24, 2.45) is 5.92 Å². The monoisotopic (exact) mass is 383 g/mol. The summed E-state index contributed by atoms with van der Waals surface area (Å²) < 4.78 is 26.1. The van der Waals surface area contributed by atoms with Crippen molar-refractivity contribution in [3.8, 4) is 6.19 Å². The zero-order chi connectivity index (χ0) is 18.2. The van der Waals surface area contributed by atoms with E-state index >= 15 is 0 Å². The molecule has 2 aliphatic rings. The van der Waals surface area contributed by atoms with E-state index in [4.69, 9.17) is 5.26 Å². The molecule has 0 radical (unpaired) electrons. The van der Waals surface area contributed by atoms with E-state index in [0.29, 0.717) is 44.2 Å². The highest BCUT2D eigenvalue weighted by Crippen LogP contribution is 2.31. The highest BCUT2D eigenvalue weighted by molar-refractivity contribution is 7.89. The molecule has 0 aromatic carbocycles. The largest absolute Gasteiger partial charge is 0.310 e. The van der Waals surface area contributed by atoms with Gasteiger partial charge in [0.05, 0.1) is 16.9 Å². The summed E-state index contributed by atoms with van der Waals surface area (Å²) in [7, 11) is -3.29. The molecule has 1 atom stereocenters. The lowest BCUT2D eigenvalue weighted by atomic mass is 10.1. The summed E-state index contributed by atoms with van der Waals surface area (Å²) in [6.45, 7) is 5.13. The van der Waals surface area contributed by atoms with Crippen LogP contribution in [-0.2, 0) is 27.8 Å². The molecule has 136 valence electrons. The van der Waals surface area contributed by atoms with E-state index in [0.717, 1.165) is 10.6 Å². The summed E-state index contributed by atoms with van der Waals surface area (Å²) in [5, 5.41) is 11.8. The third-order valence-electron chi connectivity index (χ3n) is 4.58. The molecule has 25 heavy (non-hydrogen) atoms. The number of aromatic nitrogens is 1. The lowest BCUT2D eigenvalue weighted by molar-refractivity contribution is -0.119. The molecule has 2 aliphatic heterocycles. The molecule has 3 rings (SSSR count). The number of amides is 1. The number of sulfonamides is 1. The number of likely N-dealkylation sites (tertiary alicyclic amines) is 1. The lowest BCUT2D eigenvalue weighted by Crippen LogP contribution is -2.39. The third-order valence-corrected chi connectivity index (χ3v) is 7.80. The Bertz CT molecular complexity index is 812. The van der Waals surface area contributed by atoms with Crippen LogP contribution in [0.25, 0.3) is 0 Å². The van der Waals surface area contributed by atoms with Gasteiger partial charge in [0.1, 0.15) is 0 Å². The van der Waals surface area contributed by atoms with Gasteiger partial charge in [0.25, 0.3) is 0 Å². The summed E-state index contributed by atoms with van der Waals surface area (Å²) in [5.74, 6) is -0.339. The highest BCUT2D eigenvalue weighted by atomic mass is 32.2. The Morgan fingerprint density at radius 2 is 2.20 bits per heavy atom. The number of carbonyl (C=O) groups is 1. The molecule has 0 spiro atoms. The Morgan fingerprint density at radius 1 is 1.44 bits per heavy atom. The molecule has 3 heterocycles. The van der Waals surface area contributed by atoms with E-state index in [1.807, 2.05) is 0 Å². The Morgan fingerprint density at radius 3 is 2.84 bits per heavy atom. The van der Waals surface area contributed by atoms with Gasteiger partial charge < -0.3 is 10.2 Å². The molecule has 1 saturated heterocycles. The minimum atomic E-state index is -3.29. The minimum Gasteiger partial charge on any atom is -0.310 e. The van der Waals surface area contributed by atoms with Crippen molar-refractivity contribution in [1.29, 1.82) is 5.26 Å². The number of fused-ring (bicyclic) bond motifs is 1. The SMILES string of the molecule is CC(C)S(=O)(=O)N1CCc2nc(NC(=O)[C@H]3CCN(C#N)C3)sc2C1. The van der Waals surface area contributed by atoms with Gasteiger partial charge in [-0.3, -0.25) is 4.79 Å². The number of hydrogen-bond donors (Lipinski definition) is 1. The van der Waals surface area contributed by atoms with Crippen molar-refractivity contribution in [1.82, 2.24) is 14.2 Å². The van der Waals surface area contributed by atoms with Gasteiger partial charge in [-0.1, -0.05) is 0 Å². The van der Waals surface area contributed by atoms with Crippen LogP contribution >= 0.6 is 11.3 Å². The summed E-state index contributed by atoms with van der Waals surface area (Å²) in [5.41, 5.74) is 0.862. The first-order valence-corrected chi connectivity index (χ1v) is 10.6. The Labute approximate surface area is 151 Å². The van der Waals surface area contributed by atoms with Gasteiger partial charge in [0.2, 0.25) is 15.9 Å². The lowest BCUT2D eigenvalue weighted by Gasteiger charge is -2.26. The third kappa shape index (κ3) is 3.63. The molecule has 1 N–H and O–H groups in total. The fourth-order valence-corrected chi connectivity index (χ4v) is 5.37. The van der Waals surface area contributed by atoms with Crippen molar-refractivity contribution < 1.29 is 13.2 Å². The number of thiazole rings is 1. The normalized spacial score (nSPS) is 21.2. The van der Waals surface area contributed by atoms with Gasteiger partial charge in [0.15, 0.2) is 11.3 Å². The van der Waals surface area contributed by atoms with E-state index in [2.05, 4.69) is 16.5 Å². The standard InChI is InChI=1S/C15H21N5O3S2/c1-10(2)25(22,23)20-6-4-12-13(8-20)24-15(17-12)18-14(21)11-3-5-19(7-11)9-16/h10-11H,3-8H2,1-2H3,(H,17,18,21)/t11-/m0/s1. The zero-order valence-electron chi connectivity index (χ0n) is 14.2. The topological polar surface area (TPSA) is 106 Å². The Kier molecular flexibility index (Phi) is 4.99. The summed E-state index contributed by atoms with van der Waals surface area (Å²) in [4.78, 5) is 19.2. The fraction of sp³-hybridized carbons (Fsp3) is 0.667. The molecule has 10 heteroatoms. The van der Waals surface area contributed by atoms with Crippen molar-refractivity contribution in [2.75, 3.05) is 25.0 Å². The molecule has 1 aromatic rings.